The molecule has 12 heavy (non-hydrogen) atoms. The van der Waals surface area contributed by atoms with Crippen LogP contribution in [0.25, 0.3) is 0 Å². The summed E-state index contributed by atoms with van der Waals surface area (Å²) < 4.78 is 5.00. The zero-order valence-corrected chi connectivity index (χ0v) is 7.56. The molecule has 1 aromatic rings. The summed E-state index contributed by atoms with van der Waals surface area (Å²) in [5, 5.41) is 0.500. The summed E-state index contributed by atoms with van der Waals surface area (Å²) in [7, 11) is 1.55. The first-order chi connectivity index (χ1) is 5.70. The van der Waals surface area contributed by atoms with Crippen molar-refractivity contribution < 1.29 is 4.74 Å². The molecule has 0 saturated carbocycles. The van der Waals surface area contributed by atoms with Crippen LogP contribution < -0.4 is 16.2 Å². The molecule has 1 aromatic carbocycles. The van der Waals surface area contributed by atoms with Crippen molar-refractivity contribution in [2.24, 2.45) is 5.73 Å². The average Bonchev–Trinajstić information content (AvgIpc) is 2.06. The lowest BCUT2D eigenvalue weighted by molar-refractivity contribution is 0.414. The fourth-order valence-electron chi connectivity index (χ4n) is 0.980. The third-order valence-electron chi connectivity index (χ3n) is 1.67. The molecule has 0 heterocycles. The predicted molar refractivity (Wildman–Crippen MR) is 50.3 cm³/mol. The number of halogens is 1. The highest BCUT2D eigenvalue weighted by Crippen LogP contribution is 2.31. The second-order valence-electron chi connectivity index (χ2n) is 2.35. The highest BCUT2D eigenvalue weighted by Gasteiger charge is 2.07. The third-order valence-corrected chi connectivity index (χ3v) is 2.08. The number of anilines is 1. The minimum Gasteiger partial charge on any atom is -0.495 e. The molecule has 66 valence electrons. The maximum Gasteiger partial charge on any atom is 0.137 e. The van der Waals surface area contributed by atoms with Gasteiger partial charge in [0.2, 0.25) is 0 Å². The van der Waals surface area contributed by atoms with Crippen LogP contribution in [0.5, 0.6) is 5.75 Å². The Kier molecular flexibility index (Phi) is 2.78. The van der Waals surface area contributed by atoms with Crippen LogP contribution in [0.15, 0.2) is 12.1 Å². The van der Waals surface area contributed by atoms with Crippen LogP contribution in [0.4, 0.5) is 5.69 Å². The molecule has 0 aliphatic rings. The second-order valence-corrected chi connectivity index (χ2v) is 2.73. The Morgan fingerprint density at radius 2 is 2.17 bits per heavy atom. The number of rotatable bonds is 2. The van der Waals surface area contributed by atoms with Crippen molar-refractivity contribution in [2.75, 3.05) is 12.8 Å². The van der Waals surface area contributed by atoms with Gasteiger partial charge in [0.15, 0.2) is 0 Å². The number of nitrogen functional groups attached to an aromatic ring is 1. The lowest BCUT2D eigenvalue weighted by atomic mass is 10.1. The largest absolute Gasteiger partial charge is 0.495 e. The molecule has 4 N–H and O–H groups in total. The molecule has 0 unspecified atom stereocenters. The molecule has 0 atom stereocenters. The molecule has 0 aliphatic heterocycles. The number of benzene rings is 1. The van der Waals surface area contributed by atoms with Crippen molar-refractivity contribution in [3.8, 4) is 5.75 Å². The summed E-state index contributed by atoms with van der Waals surface area (Å²) in [6, 6.07) is 3.45. The topological polar surface area (TPSA) is 61.3 Å². The van der Waals surface area contributed by atoms with Crippen molar-refractivity contribution in [1.82, 2.24) is 0 Å². The van der Waals surface area contributed by atoms with E-state index in [1.54, 1.807) is 19.2 Å². The van der Waals surface area contributed by atoms with Crippen molar-refractivity contribution in [2.45, 2.75) is 6.54 Å². The van der Waals surface area contributed by atoms with Crippen LogP contribution in [0.2, 0.25) is 5.02 Å². The Hall–Kier alpha value is -0.930. The van der Waals surface area contributed by atoms with Crippen molar-refractivity contribution in [3.05, 3.63) is 22.7 Å². The second kappa shape index (κ2) is 3.65. The van der Waals surface area contributed by atoms with E-state index in [2.05, 4.69) is 0 Å². The van der Waals surface area contributed by atoms with Crippen LogP contribution >= 0.6 is 11.6 Å². The third kappa shape index (κ3) is 1.47. The van der Waals surface area contributed by atoms with E-state index in [0.29, 0.717) is 23.0 Å². The summed E-state index contributed by atoms with van der Waals surface area (Å²) in [6.45, 7) is 0.321. The van der Waals surface area contributed by atoms with E-state index in [1.807, 2.05) is 0 Å². The lowest BCUT2D eigenvalue weighted by Gasteiger charge is -2.09. The van der Waals surface area contributed by atoms with E-state index >= 15 is 0 Å². The van der Waals surface area contributed by atoms with Crippen molar-refractivity contribution in [1.29, 1.82) is 0 Å². The molecule has 0 radical (unpaired) electrons. The fraction of sp³-hybridized carbons (Fsp3) is 0.250. The van der Waals surface area contributed by atoms with Gasteiger partial charge in [-0.15, -0.1) is 0 Å². The molecule has 1 rings (SSSR count). The number of hydrogen-bond donors (Lipinski definition) is 2. The van der Waals surface area contributed by atoms with E-state index in [0.717, 1.165) is 5.56 Å². The van der Waals surface area contributed by atoms with Crippen molar-refractivity contribution >= 4 is 17.3 Å². The molecule has 0 saturated heterocycles. The average molecular weight is 187 g/mol. The first-order valence-electron chi connectivity index (χ1n) is 3.51. The van der Waals surface area contributed by atoms with Gasteiger partial charge < -0.3 is 16.2 Å². The number of ether oxygens (including phenoxy) is 1. The quantitative estimate of drug-likeness (QED) is 0.687. The molecular formula is C8H11ClN2O. The van der Waals surface area contributed by atoms with E-state index in [9.17, 15) is 0 Å². The Morgan fingerprint density at radius 1 is 1.50 bits per heavy atom. The highest BCUT2D eigenvalue weighted by molar-refractivity contribution is 6.33. The monoisotopic (exact) mass is 186 g/mol. The normalized spacial score (nSPS) is 9.92. The number of methoxy groups -OCH3 is 1. The summed E-state index contributed by atoms with van der Waals surface area (Å²) in [5.74, 6) is 0.603. The van der Waals surface area contributed by atoms with E-state index < -0.39 is 0 Å². The smallest absolute Gasteiger partial charge is 0.137 e. The lowest BCUT2D eigenvalue weighted by Crippen LogP contribution is -2.03. The summed E-state index contributed by atoms with van der Waals surface area (Å²) in [5.41, 5.74) is 12.4. The van der Waals surface area contributed by atoms with Gasteiger partial charge in [-0.2, -0.15) is 0 Å². The zero-order chi connectivity index (χ0) is 9.14. The van der Waals surface area contributed by atoms with E-state index in [-0.39, 0.29) is 0 Å². The Bertz CT molecular complexity index is 289. The SMILES string of the molecule is COc1ccc(N)c(CN)c1Cl. The van der Waals surface area contributed by atoms with Gasteiger partial charge in [0.1, 0.15) is 5.75 Å². The molecule has 0 aromatic heterocycles. The number of hydrogen-bond acceptors (Lipinski definition) is 3. The van der Waals surface area contributed by atoms with Gasteiger partial charge >= 0.3 is 0 Å². The maximum absolute atomic E-state index is 5.93. The van der Waals surface area contributed by atoms with E-state index in [1.165, 1.54) is 0 Å². The Morgan fingerprint density at radius 3 is 2.67 bits per heavy atom. The minimum absolute atomic E-state index is 0.321. The molecular weight excluding hydrogens is 176 g/mol. The molecule has 4 heteroatoms. The molecule has 0 bridgehead atoms. The van der Waals surface area contributed by atoms with Gasteiger partial charge in [-0.1, -0.05) is 11.6 Å². The van der Waals surface area contributed by atoms with Gasteiger partial charge in [-0.3, -0.25) is 0 Å². The minimum atomic E-state index is 0.321. The molecule has 0 aliphatic carbocycles. The highest BCUT2D eigenvalue weighted by atomic mass is 35.5. The van der Waals surface area contributed by atoms with Gasteiger partial charge in [-0.05, 0) is 12.1 Å². The van der Waals surface area contributed by atoms with Crippen LogP contribution in [-0.2, 0) is 6.54 Å². The van der Waals surface area contributed by atoms with Crippen LogP contribution in [0.1, 0.15) is 5.56 Å². The number of nitrogens with two attached hydrogens (primary N) is 2. The van der Waals surface area contributed by atoms with Crippen LogP contribution in [-0.4, -0.2) is 7.11 Å². The summed E-state index contributed by atoms with van der Waals surface area (Å²) in [6.07, 6.45) is 0. The van der Waals surface area contributed by atoms with Crippen LogP contribution in [0.3, 0.4) is 0 Å². The molecule has 0 spiro atoms. The molecule has 3 nitrogen and oxygen atoms in total. The van der Waals surface area contributed by atoms with Crippen LogP contribution in [0, 0.1) is 0 Å². The standard InChI is InChI=1S/C8H11ClN2O/c1-12-7-3-2-6(11)5(4-10)8(7)9/h2-3H,4,10-11H2,1H3. The van der Waals surface area contributed by atoms with Gasteiger partial charge in [0.25, 0.3) is 0 Å². The predicted octanol–water partition coefficient (Wildman–Crippen LogP) is 1.39. The Balaban J connectivity index is 3.24. The maximum atomic E-state index is 5.93. The van der Waals surface area contributed by atoms with E-state index in [4.69, 9.17) is 27.8 Å². The summed E-state index contributed by atoms with van der Waals surface area (Å²) in [4.78, 5) is 0. The van der Waals surface area contributed by atoms with Gasteiger partial charge in [-0.25, -0.2) is 0 Å². The molecule has 0 amide bonds. The fourth-order valence-corrected chi connectivity index (χ4v) is 1.31. The first kappa shape index (κ1) is 9.16. The van der Waals surface area contributed by atoms with Crippen molar-refractivity contribution in [3.63, 3.8) is 0 Å². The van der Waals surface area contributed by atoms with Gasteiger partial charge in [0, 0.05) is 17.8 Å². The van der Waals surface area contributed by atoms with Gasteiger partial charge in [0.05, 0.1) is 12.1 Å². The molecule has 0 fully saturated rings. The summed E-state index contributed by atoms with van der Waals surface area (Å²) >= 11 is 5.93. The first-order valence-corrected chi connectivity index (χ1v) is 3.89. The zero-order valence-electron chi connectivity index (χ0n) is 6.80. The Labute approximate surface area is 76.3 Å².